The highest BCUT2D eigenvalue weighted by molar-refractivity contribution is 5.91. The van der Waals surface area contributed by atoms with E-state index < -0.39 is 12.5 Å². The van der Waals surface area contributed by atoms with Gasteiger partial charge in [0.05, 0.1) is 7.11 Å². The first-order chi connectivity index (χ1) is 9.72. The van der Waals surface area contributed by atoms with Crippen LogP contribution in [0.1, 0.15) is 11.1 Å². The molecule has 0 radical (unpaired) electrons. The molecule has 0 heterocycles. The molecule has 0 saturated heterocycles. The minimum absolute atomic E-state index is 0.426. The fourth-order valence-electron chi connectivity index (χ4n) is 1.71. The number of aliphatic hydroxyl groups excluding tert-OH is 1. The molecule has 2 aromatic carbocycles. The number of nitrogens with one attached hydrogen (secondary N) is 1. The fourth-order valence-corrected chi connectivity index (χ4v) is 1.71. The Hall–Kier alpha value is -2.33. The van der Waals surface area contributed by atoms with E-state index in [-0.39, 0.29) is 0 Å². The van der Waals surface area contributed by atoms with Crippen LogP contribution in [0.25, 0.3) is 0 Å². The van der Waals surface area contributed by atoms with Crippen molar-refractivity contribution in [2.75, 3.05) is 19.0 Å². The van der Waals surface area contributed by atoms with E-state index in [1.54, 1.807) is 31.4 Å². The van der Waals surface area contributed by atoms with Crippen LogP contribution in [0.3, 0.4) is 0 Å². The predicted octanol–water partition coefficient (Wildman–Crippen LogP) is 2.22. The largest absolute Gasteiger partial charge is 0.497 e. The van der Waals surface area contributed by atoms with Gasteiger partial charge in [-0.05, 0) is 41.8 Å². The van der Waals surface area contributed by atoms with Crippen molar-refractivity contribution >= 4 is 11.6 Å². The first kappa shape index (κ1) is 14.1. The number of carbonyl (C=O) groups is 1. The van der Waals surface area contributed by atoms with E-state index in [0.717, 1.165) is 5.75 Å². The Balaban J connectivity index is 0.000000173. The van der Waals surface area contributed by atoms with E-state index in [1.807, 2.05) is 0 Å². The van der Waals surface area contributed by atoms with E-state index in [1.165, 1.54) is 17.5 Å². The van der Waals surface area contributed by atoms with Gasteiger partial charge in [-0.2, -0.15) is 0 Å². The Labute approximate surface area is 118 Å². The molecule has 0 spiro atoms. The Morgan fingerprint density at radius 2 is 1.75 bits per heavy atom. The number of ether oxygens (including phenoxy) is 1. The van der Waals surface area contributed by atoms with Crippen molar-refractivity contribution in [3.63, 3.8) is 0 Å². The van der Waals surface area contributed by atoms with Gasteiger partial charge < -0.3 is 15.2 Å². The Bertz CT molecular complexity index is 558. The molecular formula is C16H17NO3. The molecule has 1 aliphatic carbocycles. The molecule has 1 aliphatic rings. The lowest BCUT2D eigenvalue weighted by Gasteiger charge is -2.03. The van der Waals surface area contributed by atoms with Gasteiger partial charge in [0.2, 0.25) is 5.91 Å². The summed E-state index contributed by atoms with van der Waals surface area (Å²) in [6.45, 7) is -0.508. The standard InChI is InChI=1S/C9H11NO3.C7H6/c1-13-8-4-2-7(3-5-8)10-9(12)6-11;1-2-4-7-5-6(7)3-1/h2-5,11H,6H2,1H3,(H,10,12);1-4H,5H2. The summed E-state index contributed by atoms with van der Waals surface area (Å²) in [5, 5.41) is 11.0. The van der Waals surface area contributed by atoms with E-state index in [4.69, 9.17) is 9.84 Å². The number of rotatable bonds is 3. The lowest BCUT2D eigenvalue weighted by molar-refractivity contribution is -0.118. The van der Waals surface area contributed by atoms with Crippen molar-refractivity contribution < 1.29 is 14.6 Å². The maximum Gasteiger partial charge on any atom is 0.250 e. The van der Waals surface area contributed by atoms with E-state index in [0.29, 0.717) is 5.69 Å². The second kappa shape index (κ2) is 6.73. The van der Waals surface area contributed by atoms with E-state index >= 15 is 0 Å². The third-order valence-electron chi connectivity index (χ3n) is 2.89. The molecule has 104 valence electrons. The van der Waals surface area contributed by atoms with Gasteiger partial charge >= 0.3 is 0 Å². The average Bonchev–Trinajstić information content (AvgIpc) is 3.28. The predicted molar refractivity (Wildman–Crippen MR) is 78.0 cm³/mol. The fraction of sp³-hybridized carbons (Fsp3) is 0.188. The molecule has 0 fully saturated rings. The number of amides is 1. The molecule has 0 saturated carbocycles. The molecule has 0 bridgehead atoms. The van der Waals surface area contributed by atoms with E-state index in [2.05, 4.69) is 29.6 Å². The molecule has 20 heavy (non-hydrogen) atoms. The molecule has 0 unspecified atom stereocenters. The highest BCUT2D eigenvalue weighted by atomic mass is 16.5. The third-order valence-corrected chi connectivity index (χ3v) is 2.89. The summed E-state index contributed by atoms with van der Waals surface area (Å²) < 4.78 is 4.94. The van der Waals surface area contributed by atoms with Crippen LogP contribution < -0.4 is 10.1 Å². The first-order valence-electron chi connectivity index (χ1n) is 6.34. The van der Waals surface area contributed by atoms with Crippen LogP contribution in [-0.2, 0) is 11.2 Å². The summed E-state index contributed by atoms with van der Waals surface area (Å²) >= 11 is 0. The Morgan fingerprint density at radius 3 is 2.20 bits per heavy atom. The molecule has 3 rings (SSSR count). The smallest absolute Gasteiger partial charge is 0.250 e. The molecular weight excluding hydrogens is 254 g/mol. The molecule has 4 heteroatoms. The number of carbonyl (C=O) groups excluding carboxylic acids is 1. The quantitative estimate of drug-likeness (QED) is 0.768. The van der Waals surface area contributed by atoms with Crippen LogP contribution in [0.2, 0.25) is 0 Å². The van der Waals surface area contributed by atoms with Crippen LogP contribution in [0.5, 0.6) is 5.75 Å². The minimum atomic E-state index is -0.508. The van der Waals surface area contributed by atoms with Gasteiger partial charge in [-0.25, -0.2) is 0 Å². The SMILES string of the molecule is COc1ccc(NC(=O)CO)cc1.c1ccc2c(c1)C2. The minimum Gasteiger partial charge on any atom is -0.497 e. The van der Waals surface area contributed by atoms with Crippen LogP contribution >= 0.6 is 0 Å². The summed E-state index contributed by atoms with van der Waals surface area (Å²) in [7, 11) is 1.57. The number of hydrogen-bond acceptors (Lipinski definition) is 3. The van der Waals surface area contributed by atoms with Crippen molar-refractivity contribution in [3.8, 4) is 5.75 Å². The van der Waals surface area contributed by atoms with Crippen molar-refractivity contribution in [3.05, 3.63) is 59.7 Å². The molecule has 1 amide bonds. The van der Waals surface area contributed by atoms with Gasteiger partial charge in [0.25, 0.3) is 0 Å². The van der Waals surface area contributed by atoms with Crippen LogP contribution in [-0.4, -0.2) is 24.7 Å². The molecule has 4 nitrogen and oxygen atoms in total. The Morgan fingerprint density at radius 1 is 1.15 bits per heavy atom. The summed E-state index contributed by atoms with van der Waals surface area (Å²) in [6.07, 6.45) is 1.24. The molecule has 2 N–H and O–H groups in total. The number of anilines is 1. The highest BCUT2D eigenvalue weighted by Crippen LogP contribution is 2.25. The second-order valence-electron chi connectivity index (χ2n) is 4.38. The van der Waals surface area contributed by atoms with Crippen LogP contribution in [0.15, 0.2) is 48.5 Å². The lowest BCUT2D eigenvalue weighted by atomic mass is 10.3. The number of methoxy groups -OCH3 is 1. The average molecular weight is 271 g/mol. The van der Waals surface area contributed by atoms with Crippen molar-refractivity contribution in [2.45, 2.75) is 6.42 Å². The zero-order valence-electron chi connectivity index (χ0n) is 11.3. The molecule has 0 aromatic heterocycles. The second-order valence-corrected chi connectivity index (χ2v) is 4.38. The number of fused-ring (bicyclic) bond motifs is 1. The lowest BCUT2D eigenvalue weighted by Crippen LogP contribution is -2.15. The van der Waals surface area contributed by atoms with Crippen LogP contribution in [0, 0.1) is 0 Å². The third kappa shape index (κ3) is 4.10. The molecule has 2 aromatic rings. The summed E-state index contributed by atoms with van der Waals surface area (Å²) in [5.74, 6) is 0.298. The number of benzene rings is 2. The van der Waals surface area contributed by atoms with Gasteiger partial charge in [0.15, 0.2) is 0 Å². The normalized spacial score (nSPS) is 10.7. The van der Waals surface area contributed by atoms with Gasteiger partial charge in [-0.1, -0.05) is 24.3 Å². The van der Waals surface area contributed by atoms with Crippen molar-refractivity contribution in [1.82, 2.24) is 0 Å². The Kier molecular flexibility index (Phi) is 4.74. The monoisotopic (exact) mass is 271 g/mol. The maximum atomic E-state index is 10.7. The van der Waals surface area contributed by atoms with Gasteiger partial charge in [-0.3, -0.25) is 4.79 Å². The van der Waals surface area contributed by atoms with Crippen molar-refractivity contribution in [1.29, 1.82) is 0 Å². The summed E-state index contributed by atoms with van der Waals surface area (Å²) in [6, 6.07) is 15.4. The highest BCUT2D eigenvalue weighted by Gasteiger charge is 2.12. The van der Waals surface area contributed by atoms with E-state index in [9.17, 15) is 4.79 Å². The number of hydrogen-bond donors (Lipinski definition) is 2. The number of aliphatic hydroxyl groups is 1. The molecule has 0 atom stereocenters. The summed E-state index contributed by atoms with van der Waals surface area (Å²) in [4.78, 5) is 10.7. The van der Waals surface area contributed by atoms with Gasteiger partial charge in [0.1, 0.15) is 12.4 Å². The first-order valence-corrected chi connectivity index (χ1v) is 6.34. The van der Waals surface area contributed by atoms with Gasteiger partial charge in [0, 0.05) is 5.69 Å². The maximum absolute atomic E-state index is 10.7. The topological polar surface area (TPSA) is 58.6 Å². The van der Waals surface area contributed by atoms with Crippen molar-refractivity contribution in [2.24, 2.45) is 0 Å². The van der Waals surface area contributed by atoms with Gasteiger partial charge in [-0.15, -0.1) is 0 Å². The van der Waals surface area contributed by atoms with Crippen LogP contribution in [0.4, 0.5) is 5.69 Å². The molecule has 0 aliphatic heterocycles. The summed E-state index contributed by atoms with van der Waals surface area (Å²) in [5.41, 5.74) is 3.70. The zero-order valence-corrected chi connectivity index (χ0v) is 11.3. The zero-order chi connectivity index (χ0) is 14.4.